The highest BCUT2D eigenvalue weighted by molar-refractivity contribution is 6.31. The van der Waals surface area contributed by atoms with Gasteiger partial charge in [0.05, 0.1) is 0 Å². The molecule has 1 aromatic rings. The Balaban J connectivity index is 3.08. The molecule has 1 rings (SSSR count). The Morgan fingerprint density at radius 3 is 2.43 bits per heavy atom. The van der Waals surface area contributed by atoms with Gasteiger partial charge in [-0.15, -0.1) is 0 Å². The number of carbonyl (C=O) groups is 1. The van der Waals surface area contributed by atoms with Crippen LogP contribution in [0.15, 0.2) is 12.1 Å². The van der Waals surface area contributed by atoms with Crippen molar-refractivity contribution in [3.05, 3.63) is 34.4 Å². The number of unbranched alkanes of at least 4 members (excludes halogenated alkanes) is 1. The lowest BCUT2D eigenvalue weighted by atomic mass is 9.81. The van der Waals surface area contributed by atoms with Gasteiger partial charge in [0.25, 0.3) is 0 Å². The highest BCUT2D eigenvalue weighted by Gasteiger charge is 2.27. The smallest absolute Gasteiger partial charge is 0.148 e. The molecule has 0 unspecified atom stereocenters. The van der Waals surface area contributed by atoms with Crippen molar-refractivity contribution in [3.63, 3.8) is 0 Å². The van der Waals surface area contributed by atoms with Crippen LogP contribution in [-0.4, -0.2) is 5.78 Å². The second-order valence-electron chi connectivity index (χ2n) is 6.48. The Bertz CT molecular complexity index is 506. The summed E-state index contributed by atoms with van der Waals surface area (Å²) < 4.78 is 27.5. The summed E-state index contributed by atoms with van der Waals surface area (Å²) in [7, 11) is 0. The van der Waals surface area contributed by atoms with Crippen LogP contribution in [0.3, 0.4) is 0 Å². The van der Waals surface area contributed by atoms with Gasteiger partial charge < -0.3 is 0 Å². The van der Waals surface area contributed by atoms with Crippen LogP contribution >= 0.6 is 11.6 Å². The van der Waals surface area contributed by atoms with Crippen molar-refractivity contribution in [1.82, 2.24) is 0 Å². The van der Waals surface area contributed by atoms with Crippen molar-refractivity contribution in [2.24, 2.45) is 5.41 Å². The first kappa shape index (κ1) is 18.1. The van der Waals surface area contributed by atoms with Crippen LogP contribution in [0.5, 0.6) is 0 Å². The van der Waals surface area contributed by atoms with Gasteiger partial charge in [-0.1, -0.05) is 58.2 Å². The van der Waals surface area contributed by atoms with Gasteiger partial charge in [-0.25, -0.2) is 8.78 Å². The molecule has 0 N–H and O–H groups in total. The summed E-state index contributed by atoms with van der Waals surface area (Å²) in [6.45, 7) is 7.58. The third-order valence-electron chi connectivity index (χ3n) is 3.68. The van der Waals surface area contributed by atoms with Crippen LogP contribution in [0.1, 0.15) is 64.9 Å². The fraction of sp³-hybridized carbons (Fsp3) is 0.588. The Hall–Kier alpha value is -0.960. The zero-order valence-electron chi connectivity index (χ0n) is 13.1. The van der Waals surface area contributed by atoms with Crippen molar-refractivity contribution < 1.29 is 13.6 Å². The van der Waals surface area contributed by atoms with E-state index < -0.39 is 22.1 Å². The van der Waals surface area contributed by atoms with Crippen LogP contribution in [0, 0.1) is 17.0 Å². The molecule has 0 fully saturated rings. The number of halogens is 3. The summed E-state index contributed by atoms with van der Waals surface area (Å²) in [6.07, 6.45) is 2.78. The predicted octanol–water partition coefficient (Wildman–Crippen LogP) is 5.90. The minimum atomic E-state index is -0.769. The average molecular weight is 317 g/mol. The molecule has 118 valence electrons. The molecule has 21 heavy (non-hydrogen) atoms. The Labute approximate surface area is 130 Å². The van der Waals surface area contributed by atoms with Crippen molar-refractivity contribution in [2.75, 3.05) is 0 Å². The van der Waals surface area contributed by atoms with E-state index in [1.165, 1.54) is 12.1 Å². The molecule has 0 saturated carbocycles. The van der Waals surface area contributed by atoms with Crippen LogP contribution in [0.4, 0.5) is 8.78 Å². The van der Waals surface area contributed by atoms with Gasteiger partial charge in [0.15, 0.2) is 0 Å². The van der Waals surface area contributed by atoms with E-state index in [1.54, 1.807) is 0 Å². The topological polar surface area (TPSA) is 17.1 Å². The fourth-order valence-electron chi connectivity index (χ4n) is 2.20. The normalized spacial score (nSPS) is 13.3. The maximum absolute atomic E-state index is 14.2. The van der Waals surface area contributed by atoms with Gasteiger partial charge >= 0.3 is 0 Å². The predicted molar refractivity (Wildman–Crippen MR) is 82.7 cm³/mol. The van der Waals surface area contributed by atoms with E-state index in [9.17, 15) is 13.6 Å². The molecule has 1 aromatic carbocycles. The first-order valence-corrected chi connectivity index (χ1v) is 7.73. The lowest BCUT2D eigenvalue weighted by molar-refractivity contribution is -0.126. The van der Waals surface area contributed by atoms with E-state index in [1.807, 2.05) is 27.7 Å². The number of rotatable bonds is 6. The zero-order valence-corrected chi connectivity index (χ0v) is 13.9. The number of hydrogen-bond donors (Lipinski definition) is 0. The Kier molecular flexibility index (Phi) is 6.33. The van der Waals surface area contributed by atoms with Crippen molar-refractivity contribution in [1.29, 1.82) is 0 Å². The van der Waals surface area contributed by atoms with Crippen molar-refractivity contribution in [3.8, 4) is 0 Å². The molecule has 1 atom stereocenters. The Morgan fingerprint density at radius 1 is 1.29 bits per heavy atom. The molecule has 1 nitrogen and oxygen atoms in total. The SMILES string of the molecule is CCCC[C@@H](CC(=O)C(C)(C)C)c1ccc(F)c(Cl)c1F. The van der Waals surface area contributed by atoms with E-state index in [2.05, 4.69) is 0 Å². The van der Waals surface area contributed by atoms with Crippen molar-refractivity contribution >= 4 is 17.4 Å². The number of Topliss-reactive ketones (excluding diaryl/α,β-unsaturated/α-hetero) is 1. The van der Waals surface area contributed by atoms with Crippen LogP contribution in [0.2, 0.25) is 5.02 Å². The molecule has 0 aliphatic carbocycles. The van der Waals surface area contributed by atoms with Gasteiger partial charge in [-0.05, 0) is 24.0 Å². The summed E-state index contributed by atoms with van der Waals surface area (Å²) in [5.41, 5.74) is -0.127. The fourth-order valence-corrected chi connectivity index (χ4v) is 2.38. The van der Waals surface area contributed by atoms with E-state index >= 15 is 0 Å². The molecule has 4 heteroatoms. The largest absolute Gasteiger partial charge is 0.299 e. The maximum atomic E-state index is 14.2. The second kappa shape index (κ2) is 7.35. The molecule has 0 aromatic heterocycles. The molecule has 0 spiro atoms. The van der Waals surface area contributed by atoms with E-state index in [0.29, 0.717) is 12.0 Å². The molecule has 0 bridgehead atoms. The summed E-state index contributed by atoms with van der Waals surface area (Å²) >= 11 is 5.65. The number of ketones is 1. The standard InChI is InChI=1S/C17H23ClF2O/c1-5-6-7-11(10-14(21)17(2,3)4)12-8-9-13(19)15(18)16(12)20/h8-9,11H,5-7,10H2,1-4H3/t11-/m0/s1. The zero-order chi connectivity index (χ0) is 16.2. The van der Waals surface area contributed by atoms with Crippen LogP contribution < -0.4 is 0 Å². The first-order chi connectivity index (χ1) is 9.68. The van der Waals surface area contributed by atoms with E-state index in [4.69, 9.17) is 11.6 Å². The van der Waals surface area contributed by atoms with Gasteiger partial charge in [-0.2, -0.15) is 0 Å². The van der Waals surface area contributed by atoms with Gasteiger partial charge in [-0.3, -0.25) is 4.79 Å². The summed E-state index contributed by atoms with van der Waals surface area (Å²) in [5, 5.41) is -0.489. The average Bonchev–Trinajstić information content (AvgIpc) is 2.40. The second-order valence-corrected chi connectivity index (χ2v) is 6.86. The Morgan fingerprint density at radius 2 is 1.90 bits per heavy atom. The number of carbonyl (C=O) groups excluding carboxylic acids is 1. The molecule has 0 saturated heterocycles. The van der Waals surface area contributed by atoms with Gasteiger partial charge in [0.2, 0.25) is 0 Å². The van der Waals surface area contributed by atoms with Crippen molar-refractivity contribution in [2.45, 2.75) is 59.3 Å². The minimum Gasteiger partial charge on any atom is -0.299 e. The third-order valence-corrected chi connectivity index (χ3v) is 4.03. The molecule has 0 aliphatic heterocycles. The summed E-state index contributed by atoms with van der Waals surface area (Å²) in [6, 6.07) is 2.58. The highest BCUT2D eigenvalue weighted by atomic mass is 35.5. The minimum absolute atomic E-state index is 0.0726. The molecular weight excluding hydrogens is 294 g/mol. The van der Waals surface area contributed by atoms with Crippen LogP contribution in [-0.2, 0) is 4.79 Å². The lowest BCUT2D eigenvalue weighted by Gasteiger charge is -2.23. The molecule has 0 heterocycles. The molecule has 0 aliphatic rings. The molecular formula is C17H23ClF2O. The summed E-state index contributed by atoms with van der Waals surface area (Å²) in [5.74, 6) is -1.69. The first-order valence-electron chi connectivity index (χ1n) is 7.35. The monoisotopic (exact) mass is 316 g/mol. The highest BCUT2D eigenvalue weighted by Crippen LogP contribution is 2.34. The van der Waals surface area contributed by atoms with E-state index in [0.717, 1.165) is 12.8 Å². The maximum Gasteiger partial charge on any atom is 0.148 e. The third kappa shape index (κ3) is 4.77. The molecule has 0 radical (unpaired) electrons. The summed E-state index contributed by atoms with van der Waals surface area (Å²) in [4.78, 5) is 12.2. The van der Waals surface area contributed by atoms with Gasteiger partial charge in [0, 0.05) is 11.8 Å². The molecule has 0 amide bonds. The number of hydrogen-bond acceptors (Lipinski definition) is 1. The quantitative estimate of drug-likeness (QED) is 0.597. The lowest BCUT2D eigenvalue weighted by Crippen LogP contribution is -2.22. The number of benzene rings is 1. The van der Waals surface area contributed by atoms with Gasteiger partial charge in [0.1, 0.15) is 22.4 Å². The van der Waals surface area contributed by atoms with Crippen LogP contribution in [0.25, 0.3) is 0 Å². The van der Waals surface area contributed by atoms with E-state index in [-0.39, 0.29) is 18.1 Å².